The fourth-order valence-electron chi connectivity index (χ4n) is 0.945. The fraction of sp³-hybridized carbons (Fsp3) is 0.857. The molecule has 0 aromatic heterocycles. The zero-order valence-electron chi connectivity index (χ0n) is 6.30. The second kappa shape index (κ2) is 3.86. The molecule has 1 aliphatic rings. The Balaban J connectivity index is 2.20. The van der Waals surface area contributed by atoms with E-state index in [4.69, 9.17) is 0 Å². The van der Waals surface area contributed by atoms with Crippen LogP contribution in [0.2, 0.25) is 0 Å². The van der Waals surface area contributed by atoms with Crippen molar-refractivity contribution in [3.63, 3.8) is 0 Å². The van der Waals surface area contributed by atoms with Crippen LogP contribution in [0, 0.1) is 0 Å². The first-order valence-corrected chi connectivity index (χ1v) is 4.85. The summed E-state index contributed by atoms with van der Waals surface area (Å²) in [7, 11) is 0. The van der Waals surface area contributed by atoms with Gasteiger partial charge in [0.25, 0.3) is 0 Å². The normalized spacial score (nSPS) is 18.5. The third-order valence-electron chi connectivity index (χ3n) is 1.61. The van der Waals surface area contributed by atoms with Crippen LogP contribution >= 0.6 is 11.8 Å². The summed E-state index contributed by atoms with van der Waals surface area (Å²) in [6.45, 7) is 3.11. The maximum atomic E-state index is 11.0. The summed E-state index contributed by atoms with van der Waals surface area (Å²) in [4.78, 5) is 12.9. The molecular formula is C7H13NOS. The van der Waals surface area contributed by atoms with Gasteiger partial charge in [0.05, 0.1) is 11.6 Å². The Kier molecular flexibility index (Phi) is 3.06. The van der Waals surface area contributed by atoms with Crippen molar-refractivity contribution in [1.29, 1.82) is 0 Å². The number of hydrogen-bond acceptors (Lipinski definition) is 2. The van der Waals surface area contributed by atoms with Crippen molar-refractivity contribution in [1.82, 2.24) is 4.90 Å². The predicted molar refractivity (Wildman–Crippen MR) is 43.9 cm³/mol. The molecule has 0 aromatic rings. The molecule has 0 bridgehead atoms. The van der Waals surface area contributed by atoms with E-state index in [0.29, 0.717) is 11.7 Å². The molecule has 0 unspecified atom stereocenters. The standard InChI is InChI=1S/C7H13NOS/c1-2-3-4-8-6-10-5-7(8)9/h2-6H2,1H3. The van der Waals surface area contributed by atoms with Gasteiger partial charge >= 0.3 is 0 Å². The van der Waals surface area contributed by atoms with E-state index in [1.54, 1.807) is 11.8 Å². The molecule has 0 N–H and O–H groups in total. The van der Waals surface area contributed by atoms with Crippen molar-refractivity contribution >= 4 is 17.7 Å². The topological polar surface area (TPSA) is 20.3 Å². The molecule has 0 aromatic carbocycles. The lowest BCUT2D eigenvalue weighted by Crippen LogP contribution is -2.26. The van der Waals surface area contributed by atoms with Crippen LogP contribution in [0.5, 0.6) is 0 Å². The second-order valence-corrected chi connectivity index (χ2v) is 3.44. The number of unbranched alkanes of at least 4 members (excludes halogenated alkanes) is 1. The molecule has 0 saturated carbocycles. The summed E-state index contributed by atoms with van der Waals surface area (Å²) in [6.07, 6.45) is 2.32. The average molecular weight is 159 g/mol. The monoisotopic (exact) mass is 159 g/mol. The van der Waals surface area contributed by atoms with Crippen molar-refractivity contribution in [2.75, 3.05) is 18.2 Å². The fourth-order valence-corrected chi connectivity index (χ4v) is 1.89. The molecule has 1 aliphatic heterocycles. The summed E-state index contributed by atoms with van der Waals surface area (Å²) in [6, 6.07) is 0. The van der Waals surface area contributed by atoms with Crippen LogP contribution in [0.25, 0.3) is 0 Å². The van der Waals surface area contributed by atoms with Gasteiger partial charge in [-0.05, 0) is 6.42 Å². The largest absolute Gasteiger partial charge is 0.333 e. The smallest absolute Gasteiger partial charge is 0.233 e. The molecule has 3 heteroatoms. The van der Waals surface area contributed by atoms with Crippen LogP contribution in [0.4, 0.5) is 0 Å². The molecule has 1 fully saturated rings. The van der Waals surface area contributed by atoms with Crippen molar-refractivity contribution in [2.24, 2.45) is 0 Å². The van der Waals surface area contributed by atoms with Gasteiger partial charge in [0.2, 0.25) is 5.91 Å². The SMILES string of the molecule is CCCCN1CSCC1=O. The first kappa shape index (κ1) is 7.92. The highest BCUT2D eigenvalue weighted by Gasteiger charge is 2.18. The molecular weight excluding hydrogens is 146 g/mol. The first-order valence-electron chi connectivity index (χ1n) is 3.70. The molecule has 0 radical (unpaired) electrons. The zero-order chi connectivity index (χ0) is 7.40. The average Bonchev–Trinajstić information content (AvgIpc) is 2.31. The third-order valence-corrected chi connectivity index (χ3v) is 2.55. The minimum absolute atomic E-state index is 0.318. The number of thioether (sulfide) groups is 1. The van der Waals surface area contributed by atoms with Gasteiger partial charge < -0.3 is 4.90 Å². The lowest BCUT2D eigenvalue weighted by Gasteiger charge is -2.12. The Morgan fingerprint density at radius 3 is 3.00 bits per heavy atom. The van der Waals surface area contributed by atoms with Crippen molar-refractivity contribution in [3.05, 3.63) is 0 Å². The Morgan fingerprint density at radius 2 is 2.50 bits per heavy atom. The summed E-state index contributed by atoms with van der Waals surface area (Å²) >= 11 is 1.72. The first-order chi connectivity index (χ1) is 4.84. The lowest BCUT2D eigenvalue weighted by atomic mass is 10.3. The number of rotatable bonds is 3. The number of nitrogens with zero attached hydrogens (tertiary/aromatic N) is 1. The van der Waals surface area contributed by atoms with Crippen LogP contribution < -0.4 is 0 Å². The summed E-state index contributed by atoms with van der Waals surface area (Å²) in [5.41, 5.74) is 0. The minimum Gasteiger partial charge on any atom is -0.333 e. The number of carbonyl (C=O) groups is 1. The highest BCUT2D eigenvalue weighted by Crippen LogP contribution is 2.14. The van der Waals surface area contributed by atoms with Gasteiger partial charge in [-0.2, -0.15) is 0 Å². The van der Waals surface area contributed by atoms with Gasteiger partial charge in [0, 0.05) is 6.54 Å². The van der Waals surface area contributed by atoms with E-state index >= 15 is 0 Å². The maximum absolute atomic E-state index is 11.0. The highest BCUT2D eigenvalue weighted by molar-refractivity contribution is 8.00. The van der Waals surface area contributed by atoms with Crippen molar-refractivity contribution < 1.29 is 4.79 Å². The Bertz CT molecular complexity index is 127. The van der Waals surface area contributed by atoms with E-state index in [-0.39, 0.29) is 0 Å². The van der Waals surface area contributed by atoms with Gasteiger partial charge in [-0.3, -0.25) is 4.79 Å². The van der Waals surface area contributed by atoms with Crippen LogP contribution in [0.15, 0.2) is 0 Å². The van der Waals surface area contributed by atoms with Gasteiger partial charge in [-0.25, -0.2) is 0 Å². The van der Waals surface area contributed by atoms with Crippen molar-refractivity contribution in [2.45, 2.75) is 19.8 Å². The van der Waals surface area contributed by atoms with Crippen LogP contribution in [0.1, 0.15) is 19.8 Å². The molecule has 58 valence electrons. The number of carbonyl (C=O) groups excluding carboxylic acids is 1. The molecule has 0 aliphatic carbocycles. The molecule has 10 heavy (non-hydrogen) atoms. The highest BCUT2D eigenvalue weighted by atomic mass is 32.2. The molecule has 1 heterocycles. The van der Waals surface area contributed by atoms with E-state index < -0.39 is 0 Å². The zero-order valence-corrected chi connectivity index (χ0v) is 7.12. The molecule has 2 nitrogen and oxygen atoms in total. The molecule has 0 atom stereocenters. The van der Waals surface area contributed by atoms with Gasteiger partial charge in [0.1, 0.15) is 0 Å². The van der Waals surface area contributed by atoms with E-state index in [1.165, 1.54) is 6.42 Å². The number of amides is 1. The van der Waals surface area contributed by atoms with Gasteiger partial charge in [0.15, 0.2) is 0 Å². The maximum Gasteiger partial charge on any atom is 0.233 e. The summed E-state index contributed by atoms with van der Waals surface area (Å²) in [5.74, 6) is 1.93. The molecule has 1 saturated heterocycles. The Morgan fingerprint density at radius 1 is 1.70 bits per heavy atom. The quantitative estimate of drug-likeness (QED) is 0.619. The second-order valence-electron chi connectivity index (χ2n) is 2.49. The molecule has 0 spiro atoms. The van der Waals surface area contributed by atoms with Crippen LogP contribution in [-0.2, 0) is 4.79 Å². The van der Waals surface area contributed by atoms with E-state index in [9.17, 15) is 4.79 Å². The van der Waals surface area contributed by atoms with E-state index in [2.05, 4.69) is 6.92 Å². The van der Waals surface area contributed by atoms with E-state index in [1.807, 2.05) is 4.90 Å². The minimum atomic E-state index is 0.318. The van der Waals surface area contributed by atoms with E-state index in [0.717, 1.165) is 18.8 Å². The van der Waals surface area contributed by atoms with Crippen LogP contribution in [0.3, 0.4) is 0 Å². The molecule has 1 rings (SSSR count). The summed E-state index contributed by atoms with van der Waals surface area (Å²) < 4.78 is 0. The van der Waals surface area contributed by atoms with Crippen molar-refractivity contribution in [3.8, 4) is 0 Å². The Hall–Kier alpha value is -0.180. The lowest BCUT2D eigenvalue weighted by molar-refractivity contribution is -0.126. The van der Waals surface area contributed by atoms with Gasteiger partial charge in [-0.15, -0.1) is 11.8 Å². The molecule has 1 amide bonds. The Labute approximate surface area is 66.0 Å². The summed E-state index contributed by atoms with van der Waals surface area (Å²) in [5, 5.41) is 0. The third kappa shape index (κ3) is 1.90. The van der Waals surface area contributed by atoms with Crippen LogP contribution in [-0.4, -0.2) is 29.0 Å². The van der Waals surface area contributed by atoms with Gasteiger partial charge in [-0.1, -0.05) is 13.3 Å². The predicted octanol–water partition coefficient (Wildman–Crippen LogP) is 1.32. The number of hydrogen-bond donors (Lipinski definition) is 0.